The molecule has 3 rings (SSSR count). The first-order valence-electron chi connectivity index (χ1n) is 8.70. The molecule has 0 saturated carbocycles. The highest BCUT2D eigenvalue weighted by molar-refractivity contribution is 7.71. The van der Waals surface area contributed by atoms with Gasteiger partial charge in [-0.25, -0.2) is 4.79 Å². The Morgan fingerprint density at radius 3 is 2.79 bits per heavy atom. The molecule has 10 heteroatoms. The van der Waals surface area contributed by atoms with Gasteiger partial charge in [-0.1, -0.05) is 12.1 Å². The van der Waals surface area contributed by atoms with Gasteiger partial charge in [0.05, 0.1) is 19.1 Å². The fraction of sp³-hybridized carbons (Fsp3) is 0.263. The number of nitrogens with one attached hydrogen (secondary N) is 2. The van der Waals surface area contributed by atoms with Gasteiger partial charge in [0, 0.05) is 6.54 Å². The number of ether oxygens (including phenoxy) is 2. The van der Waals surface area contributed by atoms with Gasteiger partial charge in [-0.05, 0) is 48.3 Å². The summed E-state index contributed by atoms with van der Waals surface area (Å²) in [5.74, 6) is 0.292. The quantitative estimate of drug-likeness (QED) is 0.439. The molecule has 2 heterocycles. The van der Waals surface area contributed by atoms with Crippen molar-refractivity contribution in [1.82, 2.24) is 20.1 Å². The molecule has 29 heavy (non-hydrogen) atoms. The first kappa shape index (κ1) is 20.7. The van der Waals surface area contributed by atoms with Gasteiger partial charge < -0.3 is 14.8 Å². The summed E-state index contributed by atoms with van der Waals surface area (Å²) < 4.78 is 12.0. The van der Waals surface area contributed by atoms with Gasteiger partial charge in [0.2, 0.25) is 5.91 Å². The van der Waals surface area contributed by atoms with E-state index < -0.39 is 12.0 Å². The van der Waals surface area contributed by atoms with Crippen LogP contribution >= 0.6 is 23.6 Å². The van der Waals surface area contributed by atoms with E-state index in [0.29, 0.717) is 21.9 Å². The largest absolute Gasteiger partial charge is 0.496 e. The van der Waals surface area contributed by atoms with Crippen LogP contribution in [0.5, 0.6) is 5.75 Å². The van der Waals surface area contributed by atoms with E-state index in [4.69, 9.17) is 21.7 Å². The third-order valence-electron chi connectivity index (χ3n) is 4.35. The number of carbonyl (C=O) groups excluding carboxylic acids is 2. The van der Waals surface area contributed by atoms with E-state index in [9.17, 15) is 9.59 Å². The highest BCUT2D eigenvalue weighted by atomic mass is 32.1. The molecule has 0 fully saturated rings. The lowest BCUT2D eigenvalue weighted by Crippen LogP contribution is -2.31. The lowest BCUT2D eigenvalue weighted by Gasteiger charge is -2.16. The van der Waals surface area contributed by atoms with Crippen molar-refractivity contribution in [1.29, 1.82) is 0 Å². The topological polar surface area (TPSA) is 98.2 Å². The van der Waals surface area contributed by atoms with Gasteiger partial charge >= 0.3 is 5.97 Å². The summed E-state index contributed by atoms with van der Waals surface area (Å²) in [7, 11) is 2.78. The molecule has 0 bridgehead atoms. The normalized spacial score (nSPS) is 11.7. The van der Waals surface area contributed by atoms with Crippen LogP contribution in [-0.4, -0.2) is 40.9 Å². The molecule has 0 radical (unpaired) electrons. The predicted octanol–water partition coefficient (Wildman–Crippen LogP) is 3.34. The number of aromatic nitrogens is 3. The molecule has 3 aromatic rings. The third kappa shape index (κ3) is 4.38. The Morgan fingerprint density at radius 1 is 1.34 bits per heavy atom. The zero-order chi connectivity index (χ0) is 21.0. The number of hydrogen-bond donors (Lipinski definition) is 2. The number of methoxy groups -OCH3 is 2. The van der Waals surface area contributed by atoms with Crippen LogP contribution in [0, 0.1) is 4.77 Å². The van der Waals surface area contributed by atoms with Crippen molar-refractivity contribution in [2.24, 2.45) is 0 Å². The van der Waals surface area contributed by atoms with Crippen LogP contribution in [0.4, 0.5) is 0 Å². The summed E-state index contributed by atoms with van der Waals surface area (Å²) in [6, 6.07) is 8.33. The number of nitrogens with zero attached hydrogens (tertiary/aromatic N) is 2. The van der Waals surface area contributed by atoms with Crippen LogP contribution in [-0.2, 0) is 16.1 Å². The number of aromatic amines is 1. The molecule has 1 amide bonds. The van der Waals surface area contributed by atoms with E-state index in [1.165, 1.54) is 25.6 Å². The van der Waals surface area contributed by atoms with Gasteiger partial charge in [-0.2, -0.15) is 5.10 Å². The standard InChI is InChI=1S/C19H20N4O4S2/c1-11(23-16(21-22-19(23)28)15-5-4-8-29-15)17(24)20-10-12-6-7-14(26-2)13(9-12)18(25)27-3/h4-9,11H,10H2,1-3H3,(H,20,24)(H,22,28). The predicted molar refractivity (Wildman–Crippen MR) is 112 cm³/mol. The lowest BCUT2D eigenvalue weighted by atomic mass is 10.1. The van der Waals surface area contributed by atoms with Gasteiger partial charge in [0.25, 0.3) is 0 Å². The second-order valence-electron chi connectivity index (χ2n) is 6.12. The smallest absolute Gasteiger partial charge is 0.341 e. The van der Waals surface area contributed by atoms with Crippen molar-refractivity contribution < 1.29 is 19.1 Å². The highest BCUT2D eigenvalue weighted by Crippen LogP contribution is 2.26. The number of benzene rings is 1. The highest BCUT2D eigenvalue weighted by Gasteiger charge is 2.21. The van der Waals surface area contributed by atoms with E-state index in [2.05, 4.69) is 15.5 Å². The fourth-order valence-electron chi connectivity index (χ4n) is 2.83. The Bertz CT molecular complexity index is 1070. The molecule has 152 valence electrons. The average Bonchev–Trinajstić information content (AvgIpc) is 3.40. The van der Waals surface area contributed by atoms with Crippen molar-refractivity contribution in [2.75, 3.05) is 14.2 Å². The second kappa shape index (κ2) is 9.01. The molecule has 1 atom stereocenters. The zero-order valence-electron chi connectivity index (χ0n) is 16.1. The van der Waals surface area contributed by atoms with Crippen LogP contribution in [0.2, 0.25) is 0 Å². The van der Waals surface area contributed by atoms with E-state index in [-0.39, 0.29) is 12.5 Å². The van der Waals surface area contributed by atoms with Crippen LogP contribution < -0.4 is 10.1 Å². The van der Waals surface area contributed by atoms with Gasteiger partial charge in [-0.3, -0.25) is 14.5 Å². The van der Waals surface area contributed by atoms with Crippen LogP contribution in [0.1, 0.15) is 28.9 Å². The number of esters is 1. The van der Waals surface area contributed by atoms with Gasteiger partial charge in [0.15, 0.2) is 10.6 Å². The fourth-order valence-corrected chi connectivity index (χ4v) is 3.83. The summed E-state index contributed by atoms with van der Waals surface area (Å²) in [5, 5.41) is 11.8. The number of thiophene rings is 1. The molecule has 1 aromatic carbocycles. The van der Waals surface area contributed by atoms with Crippen molar-refractivity contribution in [3.05, 3.63) is 51.6 Å². The molecule has 0 aliphatic heterocycles. The van der Waals surface area contributed by atoms with Crippen molar-refractivity contribution in [3.63, 3.8) is 0 Å². The van der Waals surface area contributed by atoms with E-state index in [1.807, 2.05) is 17.5 Å². The number of rotatable bonds is 7. The maximum Gasteiger partial charge on any atom is 0.341 e. The Hall–Kier alpha value is -2.98. The molecule has 2 N–H and O–H groups in total. The Labute approximate surface area is 176 Å². The molecule has 0 spiro atoms. The Morgan fingerprint density at radius 2 is 2.14 bits per heavy atom. The molecule has 0 aliphatic rings. The minimum Gasteiger partial charge on any atom is -0.496 e. The number of hydrogen-bond acceptors (Lipinski definition) is 7. The van der Waals surface area contributed by atoms with Crippen molar-refractivity contribution in [2.45, 2.75) is 19.5 Å². The Kier molecular flexibility index (Phi) is 6.45. The first-order valence-corrected chi connectivity index (χ1v) is 9.98. The molecule has 0 aliphatic carbocycles. The number of amides is 1. The summed E-state index contributed by atoms with van der Waals surface area (Å²) in [6.07, 6.45) is 0. The van der Waals surface area contributed by atoms with Gasteiger partial charge in [0.1, 0.15) is 17.4 Å². The Balaban J connectivity index is 1.76. The van der Waals surface area contributed by atoms with E-state index in [1.54, 1.807) is 29.7 Å². The number of H-pyrrole nitrogens is 1. The van der Waals surface area contributed by atoms with Crippen LogP contribution in [0.25, 0.3) is 10.7 Å². The minimum atomic E-state index is -0.573. The number of carbonyl (C=O) groups is 2. The monoisotopic (exact) mass is 432 g/mol. The summed E-state index contributed by atoms with van der Waals surface area (Å²) in [5.41, 5.74) is 1.04. The third-order valence-corrected chi connectivity index (χ3v) is 5.50. The van der Waals surface area contributed by atoms with Crippen LogP contribution in [0.3, 0.4) is 0 Å². The zero-order valence-corrected chi connectivity index (χ0v) is 17.7. The van der Waals surface area contributed by atoms with Crippen LogP contribution in [0.15, 0.2) is 35.7 Å². The molecule has 0 saturated heterocycles. The minimum absolute atomic E-state index is 0.226. The van der Waals surface area contributed by atoms with Crippen molar-refractivity contribution >= 4 is 35.4 Å². The van der Waals surface area contributed by atoms with Crippen molar-refractivity contribution in [3.8, 4) is 16.5 Å². The molecular formula is C19H20N4O4S2. The maximum atomic E-state index is 12.8. The SMILES string of the molecule is COC(=O)c1cc(CNC(=O)C(C)n2c(-c3cccs3)n[nH]c2=S)ccc1OC. The summed E-state index contributed by atoms with van der Waals surface area (Å²) in [6.45, 7) is 1.99. The average molecular weight is 433 g/mol. The van der Waals surface area contributed by atoms with Gasteiger partial charge in [-0.15, -0.1) is 11.3 Å². The lowest BCUT2D eigenvalue weighted by molar-refractivity contribution is -0.124. The van der Waals surface area contributed by atoms with E-state index in [0.717, 1.165) is 10.4 Å². The molecule has 2 aromatic heterocycles. The molecular weight excluding hydrogens is 412 g/mol. The molecule has 8 nitrogen and oxygen atoms in total. The first-order chi connectivity index (χ1) is 14.0. The second-order valence-corrected chi connectivity index (χ2v) is 7.45. The summed E-state index contributed by atoms with van der Waals surface area (Å²) in [4.78, 5) is 25.6. The maximum absolute atomic E-state index is 12.8. The summed E-state index contributed by atoms with van der Waals surface area (Å²) >= 11 is 6.83. The van der Waals surface area contributed by atoms with E-state index >= 15 is 0 Å². The molecule has 1 unspecified atom stereocenters.